The topological polar surface area (TPSA) is 15.3 Å². The molecule has 0 aromatic heterocycles. The predicted octanol–water partition coefficient (Wildman–Crippen LogP) is 2.89. The lowest BCUT2D eigenvalue weighted by Crippen LogP contribution is -2.59. The molecule has 1 aliphatic rings. The van der Waals surface area contributed by atoms with Gasteiger partial charge in [-0.05, 0) is 17.9 Å². The van der Waals surface area contributed by atoms with Crippen molar-refractivity contribution in [3.8, 4) is 0 Å². The van der Waals surface area contributed by atoms with Gasteiger partial charge in [0.25, 0.3) is 0 Å². The number of alkyl halides is 1. The van der Waals surface area contributed by atoms with Crippen LogP contribution in [0.15, 0.2) is 30.3 Å². The van der Waals surface area contributed by atoms with Crippen molar-refractivity contribution in [3.05, 3.63) is 35.9 Å². The second kappa shape index (κ2) is 7.75. The molecule has 3 unspecified atom stereocenters. The zero-order valence-corrected chi connectivity index (χ0v) is 12.7. The summed E-state index contributed by atoms with van der Waals surface area (Å²) in [7, 11) is 0. The van der Waals surface area contributed by atoms with Crippen LogP contribution in [-0.4, -0.2) is 43.3 Å². The van der Waals surface area contributed by atoms with Crippen LogP contribution < -0.4 is 5.32 Å². The summed E-state index contributed by atoms with van der Waals surface area (Å²) < 4.78 is 12.8. The molecular weight excluding hydrogens is 251 g/mol. The average molecular weight is 278 g/mol. The number of piperazine rings is 1. The van der Waals surface area contributed by atoms with Crippen molar-refractivity contribution in [2.24, 2.45) is 5.92 Å². The molecule has 3 atom stereocenters. The van der Waals surface area contributed by atoms with Gasteiger partial charge >= 0.3 is 0 Å². The van der Waals surface area contributed by atoms with Crippen molar-refractivity contribution in [1.82, 2.24) is 10.2 Å². The molecule has 2 nitrogen and oxygen atoms in total. The quantitative estimate of drug-likeness (QED) is 0.861. The van der Waals surface area contributed by atoms with Crippen LogP contribution in [0, 0.1) is 5.92 Å². The molecule has 1 heterocycles. The Labute approximate surface area is 122 Å². The molecular formula is C17H27FN2. The third kappa shape index (κ3) is 4.03. The van der Waals surface area contributed by atoms with E-state index in [2.05, 4.69) is 48.3 Å². The summed E-state index contributed by atoms with van der Waals surface area (Å²) in [6.07, 6.45) is 2.17. The molecule has 0 bridgehead atoms. The van der Waals surface area contributed by atoms with E-state index in [1.54, 1.807) is 0 Å². The highest BCUT2D eigenvalue weighted by molar-refractivity contribution is 5.16. The van der Waals surface area contributed by atoms with E-state index in [1.165, 1.54) is 12.0 Å². The third-order valence-corrected chi connectivity index (χ3v) is 4.58. The maximum atomic E-state index is 12.8. The molecule has 2 rings (SSSR count). The smallest absolute Gasteiger partial charge is 0.102 e. The third-order valence-electron chi connectivity index (χ3n) is 4.58. The highest BCUT2D eigenvalue weighted by Gasteiger charge is 2.29. The summed E-state index contributed by atoms with van der Waals surface area (Å²) in [6.45, 7) is 6.75. The fourth-order valence-electron chi connectivity index (χ4n) is 3.02. The predicted molar refractivity (Wildman–Crippen MR) is 82.7 cm³/mol. The Morgan fingerprint density at radius 3 is 2.75 bits per heavy atom. The van der Waals surface area contributed by atoms with Gasteiger partial charge in [0, 0.05) is 31.7 Å². The number of nitrogens with zero attached hydrogens (tertiary/aromatic N) is 1. The first-order valence-corrected chi connectivity index (χ1v) is 7.82. The number of hydrogen-bond donors (Lipinski definition) is 1. The highest BCUT2D eigenvalue weighted by Crippen LogP contribution is 2.18. The second-order valence-electron chi connectivity index (χ2n) is 5.93. The van der Waals surface area contributed by atoms with Gasteiger partial charge in [-0.1, -0.05) is 50.6 Å². The molecule has 1 fully saturated rings. The van der Waals surface area contributed by atoms with Crippen molar-refractivity contribution in [2.45, 2.75) is 38.8 Å². The van der Waals surface area contributed by atoms with E-state index < -0.39 is 0 Å². The van der Waals surface area contributed by atoms with Crippen LogP contribution in [0.2, 0.25) is 0 Å². The number of benzene rings is 1. The molecule has 0 aliphatic carbocycles. The number of halogens is 1. The number of rotatable bonds is 6. The number of hydrogen-bond acceptors (Lipinski definition) is 2. The molecule has 1 aliphatic heterocycles. The van der Waals surface area contributed by atoms with Crippen LogP contribution >= 0.6 is 0 Å². The van der Waals surface area contributed by atoms with E-state index in [4.69, 9.17) is 0 Å². The van der Waals surface area contributed by atoms with E-state index in [1.807, 2.05) is 6.07 Å². The van der Waals surface area contributed by atoms with Gasteiger partial charge in [-0.3, -0.25) is 4.90 Å². The molecule has 0 amide bonds. The summed E-state index contributed by atoms with van der Waals surface area (Å²) in [5.74, 6) is 0.648. The summed E-state index contributed by atoms with van der Waals surface area (Å²) in [6, 6.07) is 11.4. The minimum atomic E-state index is -0.251. The molecule has 0 radical (unpaired) electrons. The molecule has 0 spiro atoms. The maximum absolute atomic E-state index is 12.8. The molecule has 112 valence electrons. The van der Waals surface area contributed by atoms with Gasteiger partial charge in [0.15, 0.2) is 0 Å². The van der Waals surface area contributed by atoms with E-state index >= 15 is 0 Å². The first-order chi connectivity index (χ1) is 9.74. The summed E-state index contributed by atoms with van der Waals surface area (Å²) in [5, 5.41) is 3.66. The SMILES string of the molecule is CCC(C)C1CN(CCF)C(Cc2ccccc2)CN1. The van der Waals surface area contributed by atoms with Gasteiger partial charge in [-0.2, -0.15) is 0 Å². The minimum Gasteiger partial charge on any atom is -0.311 e. The maximum Gasteiger partial charge on any atom is 0.102 e. The van der Waals surface area contributed by atoms with Gasteiger partial charge in [0.1, 0.15) is 6.67 Å². The lowest BCUT2D eigenvalue weighted by Gasteiger charge is -2.42. The van der Waals surface area contributed by atoms with Gasteiger partial charge in [0.2, 0.25) is 0 Å². The lowest BCUT2D eigenvalue weighted by atomic mass is 9.93. The minimum absolute atomic E-state index is 0.251. The Morgan fingerprint density at radius 1 is 1.35 bits per heavy atom. The van der Waals surface area contributed by atoms with E-state index in [-0.39, 0.29) is 6.67 Å². The van der Waals surface area contributed by atoms with Crippen molar-refractivity contribution in [1.29, 1.82) is 0 Å². The lowest BCUT2D eigenvalue weighted by molar-refractivity contribution is 0.102. The van der Waals surface area contributed by atoms with Crippen molar-refractivity contribution in [3.63, 3.8) is 0 Å². The number of nitrogens with one attached hydrogen (secondary N) is 1. The largest absolute Gasteiger partial charge is 0.311 e. The molecule has 1 N–H and O–H groups in total. The van der Waals surface area contributed by atoms with Crippen LogP contribution in [0.1, 0.15) is 25.8 Å². The first-order valence-electron chi connectivity index (χ1n) is 7.82. The van der Waals surface area contributed by atoms with Crippen molar-refractivity contribution >= 4 is 0 Å². The monoisotopic (exact) mass is 278 g/mol. The summed E-state index contributed by atoms with van der Waals surface area (Å²) >= 11 is 0. The van der Waals surface area contributed by atoms with Gasteiger partial charge in [0.05, 0.1) is 0 Å². The molecule has 0 saturated carbocycles. The fourth-order valence-corrected chi connectivity index (χ4v) is 3.02. The Morgan fingerprint density at radius 2 is 2.10 bits per heavy atom. The van der Waals surface area contributed by atoms with E-state index in [0.717, 1.165) is 19.5 Å². The van der Waals surface area contributed by atoms with Crippen LogP contribution in [0.25, 0.3) is 0 Å². The Bertz CT molecular complexity index is 382. The average Bonchev–Trinajstić information content (AvgIpc) is 2.49. The molecule has 1 aromatic rings. The molecule has 1 saturated heterocycles. The van der Waals surface area contributed by atoms with Crippen LogP contribution in [-0.2, 0) is 6.42 Å². The molecule has 20 heavy (non-hydrogen) atoms. The zero-order chi connectivity index (χ0) is 14.4. The van der Waals surface area contributed by atoms with Crippen LogP contribution in [0.3, 0.4) is 0 Å². The molecule has 3 heteroatoms. The van der Waals surface area contributed by atoms with Crippen LogP contribution in [0.5, 0.6) is 0 Å². The Kier molecular flexibility index (Phi) is 5.99. The van der Waals surface area contributed by atoms with Gasteiger partial charge < -0.3 is 5.32 Å². The summed E-state index contributed by atoms with van der Waals surface area (Å²) in [4.78, 5) is 2.33. The van der Waals surface area contributed by atoms with E-state index in [0.29, 0.717) is 24.5 Å². The van der Waals surface area contributed by atoms with Gasteiger partial charge in [-0.15, -0.1) is 0 Å². The zero-order valence-electron chi connectivity index (χ0n) is 12.7. The summed E-state index contributed by atoms with van der Waals surface area (Å²) in [5.41, 5.74) is 1.34. The highest BCUT2D eigenvalue weighted by atomic mass is 19.1. The van der Waals surface area contributed by atoms with Crippen molar-refractivity contribution < 1.29 is 4.39 Å². The fraction of sp³-hybridized carbons (Fsp3) is 0.647. The molecule has 1 aromatic carbocycles. The Balaban J connectivity index is 1.98. The van der Waals surface area contributed by atoms with Gasteiger partial charge in [-0.25, -0.2) is 4.39 Å². The van der Waals surface area contributed by atoms with E-state index in [9.17, 15) is 4.39 Å². The van der Waals surface area contributed by atoms with Crippen molar-refractivity contribution in [2.75, 3.05) is 26.3 Å². The second-order valence-corrected chi connectivity index (χ2v) is 5.93. The Hall–Kier alpha value is -0.930. The first kappa shape index (κ1) is 15.5. The van der Waals surface area contributed by atoms with Crippen LogP contribution in [0.4, 0.5) is 4.39 Å². The standard InChI is InChI=1S/C17H27FN2/c1-3-14(2)17-13-20(10-9-18)16(12-19-17)11-15-7-5-4-6-8-15/h4-8,14,16-17,19H,3,9-13H2,1-2H3. The normalized spacial score (nSPS) is 25.6.